The summed E-state index contributed by atoms with van der Waals surface area (Å²) in [5.74, 6) is -0.472. The van der Waals surface area contributed by atoms with Crippen LogP contribution in [0.15, 0.2) is 23.1 Å². The maximum absolute atomic E-state index is 12.2. The SMILES string of the molecule is O=C(O)CCC1CCN(C(=O)c2ccc(=O)[nH]c2)CC1. The number of aromatic nitrogens is 1. The maximum atomic E-state index is 12.2. The van der Waals surface area contributed by atoms with Gasteiger partial charge in [0.15, 0.2) is 0 Å². The molecule has 1 aromatic rings. The molecule has 0 aliphatic carbocycles. The third-order valence-electron chi connectivity index (χ3n) is 3.70. The molecule has 2 N–H and O–H groups in total. The number of rotatable bonds is 4. The number of piperidine rings is 1. The zero-order chi connectivity index (χ0) is 14.5. The first-order valence-corrected chi connectivity index (χ1v) is 6.76. The number of aromatic amines is 1. The molecule has 1 aromatic heterocycles. The second kappa shape index (κ2) is 6.36. The van der Waals surface area contributed by atoms with Gasteiger partial charge in [-0.3, -0.25) is 14.4 Å². The number of carbonyl (C=O) groups is 2. The average Bonchev–Trinajstić information content (AvgIpc) is 2.46. The normalized spacial score (nSPS) is 16.1. The summed E-state index contributed by atoms with van der Waals surface area (Å²) < 4.78 is 0. The van der Waals surface area contributed by atoms with Gasteiger partial charge in [0.25, 0.3) is 5.91 Å². The summed E-state index contributed by atoms with van der Waals surface area (Å²) >= 11 is 0. The number of nitrogens with zero attached hydrogens (tertiary/aromatic N) is 1. The van der Waals surface area contributed by atoms with Crippen LogP contribution in [0, 0.1) is 5.92 Å². The number of H-pyrrole nitrogens is 1. The monoisotopic (exact) mass is 278 g/mol. The van der Waals surface area contributed by atoms with Crippen molar-refractivity contribution in [3.63, 3.8) is 0 Å². The van der Waals surface area contributed by atoms with Crippen LogP contribution < -0.4 is 5.56 Å². The summed E-state index contributed by atoms with van der Waals surface area (Å²) in [6.45, 7) is 1.28. The fourth-order valence-corrected chi connectivity index (χ4v) is 2.48. The van der Waals surface area contributed by atoms with Crippen molar-refractivity contribution in [2.75, 3.05) is 13.1 Å². The van der Waals surface area contributed by atoms with Crippen LogP contribution in [0.3, 0.4) is 0 Å². The van der Waals surface area contributed by atoms with Crippen LogP contribution in [0.1, 0.15) is 36.0 Å². The van der Waals surface area contributed by atoms with Gasteiger partial charge < -0.3 is 15.0 Å². The van der Waals surface area contributed by atoms with Crippen LogP contribution in [0.4, 0.5) is 0 Å². The van der Waals surface area contributed by atoms with E-state index in [1.54, 1.807) is 4.90 Å². The molecule has 2 heterocycles. The van der Waals surface area contributed by atoms with Gasteiger partial charge in [-0.05, 0) is 31.2 Å². The minimum atomic E-state index is -0.767. The molecular formula is C14H18N2O4. The molecule has 1 fully saturated rings. The summed E-state index contributed by atoms with van der Waals surface area (Å²) in [4.78, 5) is 37.9. The van der Waals surface area contributed by atoms with Crippen molar-refractivity contribution in [2.45, 2.75) is 25.7 Å². The lowest BCUT2D eigenvalue weighted by Crippen LogP contribution is -2.38. The first-order chi connectivity index (χ1) is 9.56. The van der Waals surface area contributed by atoms with E-state index < -0.39 is 5.97 Å². The Morgan fingerprint density at radius 1 is 1.30 bits per heavy atom. The molecule has 1 saturated heterocycles. The fraction of sp³-hybridized carbons (Fsp3) is 0.500. The van der Waals surface area contributed by atoms with E-state index in [0.29, 0.717) is 31.0 Å². The third-order valence-corrected chi connectivity index (χ3v) is 3.70. The summed E-state index contributed by atoms with van der Waals surface area (Å²) in [5.41, 5.74) is 0.252. The van der Waals surface area contributed by atoms with Gasteiger partial charge in [-0.25, -0.2) is 0 Å². The molecule has 1 amide bonds. The molecular weight excluding hydrogens is 260 g/mol. The molecule has 0 atom stereocenters. The predicted octanol–water partition coefficient (Wildman–Crippen LogP) is 1.09. The highest BCUT2D eigenvalue weighted by atomic mass is 16.4. The maximum Gasteiger partial charge on any atom is 0.303 e. The summed E-state index contributed by atoms with van der Waals surface area (Å²) in [6, 6.07) is 2.87. The molecule has 0 radical (unpaired) electrons. The number of hydrogen-bond donors (Lipinski definition) is 2. The molecule has 0 spiro atoms. The van der Waals surface area contributed by atoms with E-state index in [4.69, 9.17) is 5.11 Å². The highest BCUT2D eigenvalue weighted by Gasteiger charge is 2.23. The second-order valence-electron chi connectivity index (χ2n) is 5.11. The number of hydrogen-bond acceptors (Lipinski definition) is 3. The van der Waals surface area contributed by atoms with Crippen LogP contribution in [0.2, 0.25) is 0 Å². The van der Waals surface area contributed by atoms with Crippen molar-refractivity contribution in [3.05, 3.63) is 34.2 Å². The van der Waals surface area contributed by atoms with E-state index >= 15 is 0 Å². The van der Waals surface area contributed by atoms with Crippen molar-refractivity contribution in [1.82, 2.24) is 9.88 Å². The van der Waals surface area contributed by atoms with E-state index in [-0.39, 0.29) is 17.9 Å². The number of pyridine rings is 1. The Balaban J connectivity index is 1.87. The van der Waals surface area contributed by atoms with Crippen molar-refractivity contribution >= 4 is 11.9 Å². The Kier molecular flexibility index (Phi) is 4.55. The van der Waals surface area contributed by atoms with Crippen LogP contribution in [0.25, 0.3) is 0 Å². The standard InChI is InChI=1S/C14H18N2O4/c17-12-3-2-11(9-15-12)14(20)16-7-5-10(6-8-16)1-4-13(18)19/h2-3,9-10H,1,4-8H2,(H,15,17)(H,18,19). The van der Waals surface area contributed by atoms with Gasteiger partial charge in [0.1, 0.15) is 0 Å². The van der Waals surface area contributed by atoms with Gasteiger partial charge in [-0.15, -0.1) is 0 Å². The van der Waals surface area contributed by atoms with E-state index in [1.165, 1.54) is 18.3 Å². The summed E-state index contributed by atoms with van der Waals surface area (Å²) in [5, 5.41) is 8.66. The third kappa shape index (κ3) is 3.69. The van der Waals surface area contributed by atoms with Gasteiger partial charge in [0.2, 0.25) is 5.56 Å². The average molecular weight is 278 g/mol. The van der Waals surface area contributed by atoms with E-state index in [1.807, 2.05) is 0 Å². The Hall–Kier alpha value is -2.11. The number of likely N-dealkylation sites (tertiary alicyclic amines) is 1. The largest absolute Gasteiger partial charge is 0.481 e. The highest BCUT2D eigenvalue weighted by Crippen LogP contribution is 2.22. The van der Waals surface area contributed by atoms with Crippen molar-refractivity contribution in [2.24, 2.45) is 5.92 Å². The number of carboxylic acids is 1. The quantitative estimate of drug-likeness (QED) is 0.862. The van der Waals surface area contributed by atoms with Gasteiger partial charge in [-0.2, -0.15) is 0 Å². The number of aliphatic carboxylic acids is 1. The zero-order valence-corrected chi connectivity index (χ0v) is 11.2. The number of nitrogens with one attached hydrogen (secondary N) is 1. The molecule has 1 aliphatic heterocycles. The van der Waals surface area contributed by atoms with Crippen molar-refractivity contribution in [3.8, 4) is 0 Å². The van der Waals surface area contributed by atoms with Gasteiger partial charge in [0.05, 0.1) is 5.56 Å². The minimum Gasteiger partial charge on any atom is -0.481 e. The molecule has 20 heavy (non-hydrogen) atoms. The molecule has 6 nitrogen and oxygen atoms in total. The van der Waals surface area contributed by atoms with E-state index in [2.05, 4.69) is 4.98 Å². The van der Waals surface area contributed by atoms with Crippen LogP contribution >= 0.6 is 0 Å². The van der Waals surface area contributed by atoms with Crippen LogP contribution in [0.5, 0.6) is 0 Å². The molecule has 2 rings (SSSR count). The van der Waals surface area contributed by atoms with Crippen molar-refractivity contribution in [1.29, 1.82) is 0 Å². The molecule has 0 unspecified atom stereocenters. The number of carboxylic acid groups (broad SMARTS) is 1. The van der Waals surface area contributed by atoms with E-state index in [9.17, 15) is 14.4 Å². The van der Waals surface area contributed by atoms with Crippen LogP contribution in [-0.2, 0) is 4.79 Å². The van der Waals surface area contributed by atoms with Crippen LogP contribution in [-0.4, -0.2) is 40.0 Å². The highest BCUT2D eigenvalue weighted by molar-refractivity contribution is 5.93. The minimum absolute atomic E-state index is 0.0852. The Labute approximate surface area is 116 Å². The Morgan fingerprint density at radius 2 is 2.00 bits per heavy atom. The fourth-order valence-electron chi connectivity index (χ4n) is 2.48. The number of amides is 1. The lowest BCUT2D eigenvalue weighted by atomic mass is 9.92. The van der Waals surface area contributed by atoms with Gasteiger partial charge in [-0.1, -0.05) is 0 Å². The number of carbonyl (C=O) groups excluding carboxylic acids is 1. The van der Waals surface area contributed by atoms with Crippen molar-refractivity contribution < 1.29 is 14.7 Å². The topological polar surface area (TPSA) is 90.5 Å². The van der Waals surface area contributed by atoms with Gasteiger partial charge in [0, 0.05) is 31.8 Å². The summed E-state index contributed by atoms with van der Waals surface area (Å²) in [7, 11) is 0. The summed E-state index contributed by atoms with van der Waals surface area (Å²) in [6.07, 6.45) is 3.97. The Morgan fingerprint density at radius 3 is 2.55 bits per heavy atom. The smallest absolute Gasteiger partial charge is 0.303 e. The first kappa shape index (κ1) is 14.3. The molecule has 6 heteroatoms. The lowest BCUT2D eigenvalue weighted by Gasteiger charge is -2.31. The Bertz CT molecular complexity index is 524. The predicted molar refractivity (Wildman–Crippen MR) is 72.6 cm³/mol. The molecule has 108 valence electrons. The van der Waals surface area contributed by atoms with Gasteiger partial charge >= 0.3 is 5.97 Å². The molecule has 0 saturated carbocycles. The molecule has 0 aromatic carbocycles. The molecule has 1 aliphatic rings. The lowest BCUT2D eigenvalue weighted by molar-refractivity contribution is -0.137. The van der Waals surface area contributed by atoms with E-state index in [0.717, 1.165) is 12.8 Å². The molecule has 0 bridgehead atoms. The second-order valence-corrected chi connectivity index (χ2v) is 5.11. The zero-order valence-electron chi connectivity index (χ0n) is 11.2. The first-order valence-electron chi connectivity index (χ1n) is 6.76.